The normalized spacial score (nSPS) is 19.9. The summed E-state index contributed by atoms with van der Waals surface area (Å²) in [5.41, 5.74) is 0. The van der Waals surface area contributed by atoms with Crippen LogP contribution in [0.1, 0.15) is 51.4 Å². The Morgan fingerprint density at radius 3 is 1.13 bits per heavy atom. The lowest BCUT2D eigenvalue weighted by Crippen LogP contribution is -2.59. The highest BCUT2D eigenvalue weighted by Gasteiger charge is 2.34. The highest BCUT2D eigenvalue weighted by molar-refractivity contribution is 5.68. The van der Waals surface area contributed by atoms with E-state index in [2.05, 4.69) is 9.80 Å². The molecule has 39 heavy (non-hydrogen) atoms. The number of carbonyl (C=O) groups is 4. The summed E-state index contributed by atoms with van der Waals surface area (Å²) < 4.78 is 6.17. The summed E-state index contributed by atoms with van der Waals surface area (Å²) in [6, 6.07) is 0. The third kappa shape index (κ3) is 15.2. The molecule has 2 aliphatic rings. The van der Waals surface area contributed by atoms with Gasteiger partial charge in [0.2, 0.25) is 0 Å². The molecule has 224 valence electrons. The van der Waals surface area contributed by atoms with Gasteiger partial charge in [-0.25, -0.2) is 0 Å². The van der Waals surface area contributed by atoms with E-state index < -0.39 is 23.9 Å². The number of unbranched alkanes of at least 4 members (excludes halogenated alkanes) is 2. The van der Waals surface area contributed by atoms with E-state index in [-0.39, 0.29) is 37.9 Å². The van der Waals surface area contributed by atoms with Crippen LogP contribution in [0.2, 0.25) is 0 Å². The molecule has 0 radical (unpaired) electrons. The molecule has 13 nitrogen and oxygen atoms in total. The Labute approximate surface area is 230 Å². The molecule has 13 heteroatoms. The summed E-state index contributed by atoms with van der Waals surface area (Å²) in [7, 11) is 0. The quantitative estimate of drug-likeness (QED) is 0.135. The van der Waals surface area contributed by atoms with Crippen molar-refractivity contribution < 1.29 is 44.3 Å². The number of ether oxygens (including phenoxy) is 1. The number of fused-ring (bicyclic) bond motifs is 2. The first-order chi connectivity index (χ1) is 18.6. The molecular formula is C26H46N4O9. The van der Waals surface area contributed by atoms with Gasteiger partial charge in [0, 0.05) is 52.4 Å². The Hall–Kier alpha value is -2.32. The van der Waals surface area contributed by atoms with Gasteiger partial charge < -0.3 is 35.0 Å². The summed E-state index contributed by atoms with van der Waals surface area (Å²) in [5, 5.41) is 35.7. The Morgan fingerprint density at radius 2 is 0.846 bits per heavy atom. The number of rotatable bonds is 22. The predicted molar refractivity (Wildman–Crippen MR) is 142 cm³/mol. The fourth-order valence-corrected chi connectivity index (χ4v) is 5.25. The highest BCUT2D eigenvalue weighted by Crippen LogP contribution is 2.20. The summed E-state index contributed by atoms with van der Waals surface area (Å²) >= 11 is 0. The van der Waals surface area contributed by atoms with Crippen molar-refractivity contribution in [2.45, 2.75) is 63.6 Å². The molecule has 2 saturated heterocycles. The molecule has 0 unspecified atom stereocenters. The van der Waals surface area contributed by atoms with Crippen molar-refractivity contribution in [1.29, 1.82) is 0 Å². The van der Waals surface area contributed by atoms with Gasteiger partial charge in [-0.2, -0.15) is 0 Å². The molecule has 0 atom stereocenters. The molecule has 0 spiro atoms. The lowest BCUT2D eigenvalue weighted by Gasteiger charge is -2.46. The van der Waals surface area contributed by atoms with Crippen molar-refractivity contribution in [1.82, 2.24) is 19.6 Å². The maximum absolute atomic E-state index is 10.9. The second-order valence-corrected chi connectivity index (χ2v) is 10.6. The molecule has 4 N–H and O–H groups in total. The summed E-state index contributed by atoms with van der Waals surface area (Å²) in [5.74, 6) is -3.51. The van der Waals surface area contributed by atoms with Crippen molar-refractivity contribution in [3.05, 3.63) is 0 Å². The van der Waals surface area contributed by atoms with Crippen molar-refractivity contribution in [2.24, 2.45) is 0 Å². The van der Waals surface area contributed by atoms with Crippen LogP contribution in [0.4, 0.5) is 0 Å². The molecule has 0 aliphatic carbocycles. The van der Waals surface area contributed by atoms with Crippen LogP contribution in [-0.4, -0.2) is 155 Å². The van der Waals surface area contributed by atoms with E-state index in [1.54, 1.807) is 0 Å². The van der Waals surface area contributed by atoms with E-state index in [9.17, 15) is 19.2 Å². The monoisotopic (exact) mass is 558 g/mol. The SMILES string of the molecule is O=C(O)CCN(CCCCN1CC2CN(CCCCN(CCC(=O)O)CCC(=O)O)CC(C1)O2)CCC(=O)O. The molecule has 0 saturated carbocycles. The fraction of sp³-hybridized carbons (Fsp3) is 0.846. The number of aliphatic carboxylic acids is 4. The largest absolute Gasteiger partial charge is 0.481 e. The zero-order valence-corrected chi connectivity index (χ0v) is 22.9. The van der Waals surface area contributed by atoms with E-state index in [0.717, 1.165) is 65.0 Å². The Bertz CT molecular complexity index is 675. The third-order valence-corrected chi connectivity index (χ3v) is 7.20. The first kappa shape index (κ1) is 32.9. The molecular weight excluding hydrogens is 512 g/mol. The second kappa shape index (κ2) is 18.1. The van der Waals surface area contributed by atoms with Gasteiger partial charge in [-0.05, 0) is 51.9 Å². The van der Waals surface area contributed by atoms with E-state index in [0.29, 0.717) is 39.3 Å². The summed E-state index contributed by atoms with van der Waals surface area (Å²) in [4.78, 5) is 52.2. The minimum Gasteiger partial charge on any atom is -0.481 e. The molecule has 2 aliphatic heterocycles. The van der Waals surface area contributed by atoms with Gasteiger partial charge in [0.05, 0.1) is 37.9 Å². The Morgan fingerprint density at radius 1 is 0.538 bits per heavy atom. The molecule has 2 bridgehead atoms. The first-order valence-electron chi connectivity index (χ1n) is 14.0. The molecule has 0 aromatic rings. The average molecular weight is 559 g/mol. The maximum atomic E-state index is 10.9. The van der Waals surface area contributed by atoms with Crippen LogP contribution >= 0.6 is 0 Å². The average Bonchev–Trinajstić information content (AvgIpc) is 2.85. The van der Waals surface area contributed by atoms with Gasteiger partial charge in [-0.3, -0.25) is 29.0 Å². The number of carboxylic acids is 4. The second-order valence-electron chi connectivity index (χ2n) is 10.6. The Kier molecular flexibility index (Phi) is 15.3. The summed E-state index contributed by atoms with van der Waals surface area (Å²) in [6.07, 6.45) is 4.04. The van der Waals surface area contributed by atoms with Gasteiger partial charge in [-0.15, -0.1) is 0 Å². The molecule has 2 fully saturated rings. The minimum atomic E-state index is -0.877. The van der Waals surface area contributed by atoms with E-state index in [1.807, 2.05) is 9.80 Å². The lowest BCUT2D eigenvalue weighted by molar-refractivity contribution is -0.139. The molecule has 0 amide bonds. The summed E-state index contributed by atoms with van der Waals surface area (Å²) in [6.45, 7) is 8.18. The van der Waals surface area contributed by atoms with Gasteiger partial charge in [0.1, 0.15) is 0 Å². The maximum Gasteiger partial charge on any atom is 0.304 e. The predicted octanol–water partition coefficient (Wildman–Crippen LogP) is 0.435. The fourth-order valence-electron chi connectivity index (χ4n) is 5.25. The number of carboxylic acid groups (broad SMARTS) is 4. The van der Waals surface area contributed by atoms with E-state index >= 15 is 0 Å². The molecule has 0 aromatic carbocycles. The zero-order chi connectivity index (χ0) is 28.6. The van der Waals surface area contributed by atoms with Crippen molar-refractivity contribution in [3.63, 3.8) is 0 Å². The Balaban J connectivity index is 1.64. The van der Waals surface area contributed by atoms with Crippen LogP contribution in [-0.2, 0) is 23.9 Å². The van der Waals surface area contributed by atoms with Crippen LogP contribution in [0.25, 0.3) is 0 Å². The van der Waals surface area contributed by atoms with Crippen LogP contribution in [0, 0.1) is 0 Å². The third-order valence-electron chi connectivity index (χ3n) is 7.20. The topological polar surface area (TPSA) is 171 Å². The van der Waals surface area contributed by atoms with E-state index in [4.69, 9.17) is 25.2 Å². The number of hydrogen-bond acceptors (Lipinski definition) is 9. The van der Waals surface area contributed by atoms with Crippen LogP contribution in [0.15, 0.2) is 0 Å². The van der Waals surface area contributed by atoms with Gasteiger partial charge in [-0.1, -0.05) is 0 Å². The van der Waals surface area contributed by atoms with Crippen LogP contribution in [0.3, 0.4) is 0 Å². The van der Waals surface area contributed by atoms with Crippen LogP contribution in [0.5, 0.6) is 0 Å². The number of morpholine rings is 2. The van der Waals surface area contributed by atoms with Crippen molar-refractivity contribution in [3.8, 4) is 0 Å². The lowest BCUT2D eigenvalue weighted by atomic mass is 10.1. The molecule has 0 aromatic heterocycles. The van der Waals surface area contributed by atoms with Crippen molar-refractivity contribution in [2.75, 3.05) is 78.5 Å². The van der Waals surface area contributed by atoms with Gasteiger partial charge in [0.25, 0.3) is 0 Å². The minimum absolute atomic E-state index is 0.0106. The highest BCUT2D eigenvalue weighted by atomic mass is 16.5. The van der Waals surface area contributed by atoms with Gasteiger partial charge >= 0.3 is 23.9 Å². The van der Waals surface area contributed by atoms with Gasteiger partial charge in [0.15, 0.2) is 0 Å². The zero-order valence-electron chi connectivity index (χ0n) is 22.9. The number of nitrogens with zero attached hydrogens (tertiary/aromatic N) is 4. The van der Waals surface area contributed by atoms with E-state index in [1.165, 1.54) is 0 Å². The number of hydrogen-bond donors (Lipinski definition) is 4. The first-order valence-corrected chi connectivity index (χ1v) is 14.0. The van der Waals surface area contributed by atoms with Crippen molar-refractivity contribution >= 4 is 23.9 Å². The molecule has 2 rings (SSSR count). The van der Waals surface area contributed by atoms with Crippen LogP contribution < -0.4 is 0 Å². The smallest absolute Gasteiger partial charge is 0.304 e. The standard InChI is InChI=1S/C26H46N4O9/c31-23(32)5-13-27(14-6-24(33)34)9-1-3-11-29-17-21-19-30(20-22(18-29)39-21)12-4-2-10-28(15-7-25(35)36)16-8-26(37)38/h21-22H,1-20H2,(H,31,32)(H,33,34)(H,35,36)(H,37,38). The molecule has 2 heterocycles.